The standard InChI is InChI=1S/C13H14N2S/c1-10(6-14)7-15-8-11-9-16-13-5-3-2-4-12(11)13/h2-5,9-10,15H,7-8H2,1H3. The van der Waals surface area contributed by atoms with Gasteiger partial charge in [-0.15, -0.1) is 11.3 Å². The van der Waals surface area contributed by atoms with E-state index in [1.54, 1.807) is 11.3 Å². The minimum absolute atomic E-state index is 0.0740. The molecule has 1 unspecified atom stereocenters. The SMILES string of the molecule is CC(C#N)CNCc1csc2ccccc12. The predicted molar refractivity (Wildman–Crippen MR) is 68.3 cm³/mol. The Bertz CT molecular complexity index is 510. The van der Waals surface area contributed by atoms with Crippen LogP contribution in [0.5, 0.6) is 0 Å². The Morgan fingerprint density at radius 1 is 1.44 bits per heavy atom. The minimum Gasteiger partial charge on any atom is -0.311 e. The second-order valence-electron chi connectivity index (χ2n) is 3.92. The normalized spacial score (nSPS) is 12.5. The summed E-state index contributed by atoms with van der Waals surface area (Å²) in [6, 6.07) is 10.6. The van der Waals surface area contributed by atoms with Crippen LogP contribution in [0.25, 0.3) is 10.1 Å². The van der Waals surface area contributed by atoms with Gasteiger partial charge in [-0.3, -0.25) is 0 Å². The molecule has 1 atom stereocenters. The quantitative estimate of drug-likeness (QED) is 0.875. The maximum Gasteiger partial charge on any atom is 0.0666 e. The fraction of sp³-hybridized carbons (Fsp3) is 0.308. The molecule has 0 aliphatic heterocycles. The van der Waals surface area contributed by atoms with Gasteiger partial charge in [-0.25, -0.2) is 0 Å². The highest BCUT2D eigenvalue weighted by atomic mass is 32.1. The topological polar surface area (TPSA) is 35.8 Å². The van der Waals surface area contributed by atoms with Gasteiger partial charge in [-0.2, -0.15) is 5.26 Å². The van der Waals surface area contributed by atoms with Crippen molar-refractivity contribution in [3.63, 3.8) is 0 Å². The van der Waals surface area contributed by atoms with E-state index in [4.69, 9.17) is 5.26 Å². The molecule has 1 aromatic carbocycles. The van der Waals surface area contributed by atoms with Crippen molar-refractivity contribution in [3.8, 4) is 6.07 Å². The maximum absolute atomic E-state index is 8.68. The van der Waals surface area contributed by atoms with E-state index in [9.17, 15) is 0 Å². The highest BCUT2D eigenvalue weighted by molar-refractivity contribution is 7.17. The van der Waals surface area contributed by atoms with Gasteiger partial charge in [0.05, 0.1) is 12.0 Å². The lowest BCUT2D eigenvalue weighted by Gasteiger charge is -2.04. The third-order valence-corrected chi connectivity index (χ3v) is 3.56. The molecule has 0 fully saturated rings. The Labute approximate surface area is 99.5 Å². The first-order chi connectivity index (χ1) is 7.81. The van der Waals surface area contributed by atoms with E-state index >= 15 is 0 Å². The summed E-state index contributed by atoms with van der Waals surface area (Å²) in [5, 5.41) is 15.5. The van der Waals surface area contributed by atoms with Gasteiger partial charge in [0.15, 0.2) is 0 Å². The summed E-state index contributed by atoms with van der Waals surface area (Å²) in [6.07, 6.45) is 0. The number of benzene rings is 1. The van der Waals surface area contributed by atoms with Crippen molar-refractivity contribution in [2.75, 3.05) is 6.54 Å². The lowest BCUT2D eigenvalue weighted by Crippen LogP contribution is -2.19. The molecule has 0 radical (unpaired) electrons. The predicted octanol–water partition coefficient (Wildman–Crippen LogP) is 3.15. The van der Waals surface area contributed by atoms with E-state index < -0.39 is 0 Å². The van der Waals surface area contributed by atoms with Gasteiger partial charge in [0.25, 0.3) is 0 Å². The molecule has 1 heterocycles. The van der Waals surface area contributed by atoms with E-state index in [1.165, 1.54) is 15.6 Å². The summed E-state index contributed by atoms with van der Waals surface area (Å²) in [4.78, 5) is 0. The van der Waals surface area contributed by atoms with Crippen molar-refractivity contribution in [2.45, 2.75) is 13.5 Å². The van der Waals surface area contributed by atoms with Gasteiger partial charge in [0.2, 0.25) is 0 Å². The number of nitrogens with one attached hydrogen (secondary N) is 1. The molecule has 16 heavy (non-hydrogen) atoms. The summed E-state index contributed by atoms with van der Waals surface area (Å²) in [5.41, 5.74) is 1.32. The first kappa shape index (κ1) is 11.1. The maximum atomic E-state index is 8.68. The molecule has 0 saturated heterocycles. The summed E-state index contributed by atoms with van der Waals surface area (Å²) in [7, 11) is 0. The molecule has 2 nitrogen and oxygen atoms in total. The molecular formula is C13H14N2S. The van der Waals surface area contributed by atoms with Crippen molar-refractivity contribution in [1.29, 1.82) is 5.26 Å². The van der Waals surface area contributed by atoms with Crippen LogP contribution >= 0.6 is 11.3 Å². The average Bonchev–Trinajstić information content (AvgIpc) is 2.73. The van der Waals surface area contributed by atoms with Gasteiger partial charge in [0, 0.05) is 17.8 Å². The van der Waals surface area contributed by atoms with Gasteiger partial charge >= 0.3 is 0 Å². The van der Waals surface area contributed by atoms with Crippen LogP contribution in [0.2, 0.25) is 0 Å². The summed E-state index contributed by atoms with van der Waals surface area (Å²) < 4.78 is 1.33. The molecule has 0 saturated carbocycles. The highest BCUT2D eigenvalue weighted by Gasteiger charge is 2.03. The Morgan fingerprint density at radius 2 is 2.25 bits per heavy atom. The molecule has 2 rings (SSSR count). The zero-order chi connectivity index (χ0) is 11.4. The first-order valence-corrected chi connectivity index (χ1v) is 6.24. The third-order valence-electron chi connectivity index (χ3n) is 2.55. The van der Waals surface area contributed by atoms with Crippen LogP contribution in [-0.2, 0) is 6.54 Å². The average molecular weight is 230 g/mol. The molecule has 0 bridgehead atoms. The van der Waals surface area contributed by atoms with E-state index in [0.717, 1.165) is 13.1 Å². The van der Waals surface area contributed by atoms with Crippen molar-refractivity contribution >= 4 is 21.4 Å². The molecular weight excluding hydrogens is 216 g/mol. The number of nitriles is 1. The van der Waals surface area contributed by atoms with E-state index in [2.05, 4.69) is 41.0 Å². The van der Waals surface area contributed by atoms with Crippen molar-refractivity contribution in [2.24, 2.45) is 5.92 Å². The second-order valence-corrected chi connectivity index (χ2v) is 4.83. The van der Waals surface area contributed by atoms with Crippen molar-refractivity contribution in [3.05, 3.63) is 35.2 Å². The lowest BCUT2D eigenvalue weighted by molar-refractivity contribution is 0.604. The number of rotatable bonds is 4. The largest absolute Gasteiger partial charge is 0.311 e. The molecule has 0 aliphatic rings. The number of hydrogen-bond acceptors (Lipinski definition) is 3. The summed E-state index contributed by atoms with van der Waals surface area (Å²) in [5.74, 6) is 0.0740. The summed E-state index contributed by atoms with van der Waals surface area (Å²) in [6.45, 7) is 3.52. The number of hydrogen-bond donors (Lipinski definition) is 1. The fourth-order valence-electron chi connectivity index (χ4n) is 1.64. The number of nitrogens with zero attached hydrogens (tertiary/aromatic N) is 1. The minimum atomic E-state index is 0.0740. The van der Waals surface area contributed by atoms with E-state index in [-0.39, 0.29) is 5.92 Å². The summed E-state index contributed by atoms with van der Waals surface area (Å²) >= 11 is 1.77. The Hall–Kier alpha value is -1.37. The Balaban J connectivity index is 2.02. The first-order valence-electron chi connectivity index (χ1n) is 5.36. The zero-order valence-corrected chi connectivity index (χ0v) is 10.1. The van der Waals surface area contributed by atoms with Crippen LogP contribution < -0.4 is 5.32 Å². The molecule has 0 spiro atoms. The molecule has 82 valence electrons. The van der Waals surface area contributed by atoms with Gasteiger partial charge < -0.3 is 5.32 Å². The van der Waals surface area contributed by atoms with Gasteiger partial charge in [-0.1, -0.05) is 18.2 Å². The van der Waals surface area contributed by atoms with Crippen LogP contribution in [0.1, 0.15) is 12.5 Å². The van der Waals surface area contributed by atoms with Crippen LogP contribution in [0.3, 0.4) is 0 Å². The molecule has 1 aromatic heterocycles. The van der Waals surface area contributed by atoms with Crippen molar-refractivity contribution in [1.82, 2.24) is 5.32 Å². The lowest BCUT2D eigenvalue weighted by atomic mass is 10.1. The van der Waals surface area contributed by atoms with E-state index in [0.29, 0.717) is 0 Å². The number of thiophene rings is 1. The fourth-order valence-corrected chi connectivity index (χ4v) is 2.60. The van der Waals surface area contributed by atoms with Gasteiger partial charge in [-0.05, 0) is 29.3 Å². The van der Waals surface area contributed by atoms with Gasteiger partial charge in [0.1, 0.15) is 0 Å². The monoisotopic (exact) mass is 230 g/mol. The highest BCUT2D eigenvalue weighted by Crippen LogP contribution is 2.25. The van der Waals surface area contributed by atoms with Crippen LogP contribution in [0, 0.1) is 17.2 Å². The van der Waals surface area contributed by atoms with E-state index in [1.807, 2.05) is 6.92 Å². The molecule has 3 heteroatoms. The van der Waals surface area contributed by atoms with Crippen LogP contribution in [-0.4, -0.2) is 6.54 Å². The second kappa shape index (κ2) is 5.11. The van der Waals surface area contributed by atoms with Crippen molar-refractivity contribution < 1.29 is 0 Å². The number of fused-ring (bicyclic) bond motifs is 1. The molecule has 0 aliphatic carbocycles. The third kappa shape index (κ3) is 2.41. The smallest absolute Gasteiger partial charge is 0.0666 e. The Morgan fingerprint density at radius 3 is 3.06 bits per heavy atom. The molecule has 1 N–H and O–H groups in total. The van der Waals surface area contributed by atoms with Crippen LogP contribution in [0.4, 0.5) is 0 Å². The zero-order valence-electron chi connectivity index (χ0n) is 9.23. The van der Waals surface area contributed by atoms with Crippen LogP contribution in [0.15, 0.2) is 29.6 Å². The molecule has 2 aromatic rings. The molecule has 0 amide bonds. The Kier molecular flexibility index (Phi) is 3.55.